The van der Waals surface area contributed by atoms with Crippen LogP contribution in [0.1, 0.15) is 11.4 Å². The van der Waals surface area contributed by atoms with Crippen molar-refractivity contribution < 1.29 is 9.53 Å². The fourth-order valence-corrected chi connectivity index (χ4v) is 3.45. The molecule has 3 rings (SSSR count). The van der Waals surface area contributed by atoms with Gasteiger partial charge in [0.15, 0.2) is 5.16 Å². The van der Waals surface area contributed by atoms with Crippen molar-refractivity contribution >= 4 is 17.7 Å². The summed E-state index contributed by atoms with van der Waals surface area (Å²) in [6, 6.07) is 8.10. The van der Waals surface area contributed by atoms with Crippen LogP contribution in [0.4, 0.5) is 0 Å². The average molecular weight is 332 g/mol. The molecule has 7 heteroatoms. The summed E-state index contributed by atoms with van der Waals surface area (Å²) in [4.78, 5) is 14.1. The Morgan fingerprint density at radius 2 is 1.96 bits per heavy atom. The second-order valence-electron chi connectivity index (χ2n) is 5.43. The van der Waals surface area contributed by atoms with Gasteiger partial charge in [-0.25, -0.2) is 0 Å². The monoisotopic (exact) mass is 332 g/mol. The summed E-state index contributed by atoms with van der Waals surface area (Å²) in [5, 5.41) is 9.15. The van der Waals surface area contributed by atoms with Gasteiger partial charge in [-0.2, -0.15) is 0 Å². The second kappa shape index (κ2) is 7.14. The lowest BCUT2D eigenvalue weighted by molar-refractivity contribution is -0.132. The van der Waals surface area contributed by atoms with Crippen LogP contribution in [0.3, 0.4) is 0 Å². The van der Waals surface area contributed by atoms with Crippen molar-refractivity contribution in [3.63, 3.8) is 0 Å². The standard InChI is InChI=1S/C16H20N4O2S/c1-12-5-3-4-6-14(12)20-13(2)17-18-16(20)23-11-15(21)19-7-9-22-10-8-19/h3-6H,7-11H2,1-2H3. The molecule has 0 radical (unpaired) electrons. The van der Waals surface area contributed by atoms with Crippen molar-refractivity contribution in [2.45, 2.75) is 19.0 Å². The number of para-hydroxylation sites is 1. The Morgan fingerprint density at radius 3 is 2.70 bits per heavy atom. The van der Waals surface area contributed by atoms with Crippen LogP contribution in [-0.2, 0) is 9.53 Å². The smallest absolute Gasteiger partial charge is 0.233 e. The molecule has 1 aliphatic heterocycles. The van der Waals surface area contributed by atoms with E-state index in [0.717, 1.165) is 22.2 Å². The molecule has 1 amide bonds. The Kier molecular flexibility index (Phi) is 4.97. The number of benzene rings is 1. The molecule has 1 fully saturated rings. The highest BCUT2D eigenvalue weighted by Gasteiger charge is 2.19. The predicted molar refractivity (Wildman–Crippen MR) is 89.0 cm³/mol. The van der Waals surface area contributed by atoms with Crippen molar-refractivity contribution in [2.75, 3.05) is 32.1 Å². The molecular formula is C16H20N4O2S. The summed E-state index contributed by atoms with van der Waals surface area (Å²) in [6.45, 7) is 6.56. The molecule has 0 N–H and O–H groups in total. The fourth-order valence-electron chi connectivity index (χ4n) is 2.56. The van der Waals surface area contributed by atoms with Gasteiger partial charge < -0.3 is 9.64 Å². The Labute approximate surface area is 139 Å². The molecule has 1 aromatic carbocycles. The largest absolute Gasteiger partial charge is 0.378 e. The van der Waals surface area contributed by atoms with Crippen LogP contribution in [-0.4, -0.2) is 57.6 Å². The molecule has 122 valence electrons. The van der Waals surface area contributed by atoms with Crippen LogP contribution in [0.25, 0.3) is 5.69 Å². The zero-order valence-electron chi connectivity index (χ0n) is 13.4. The van der Waals surface area contributed by atoms with Gasteiger partial charge in [-0.3, -0.25) is 9.36 Å². The van der Waals surface area contributed by atoms with Gasteiger partial charge in [0.05, 0.1) is 24.7 Å². The number of ether oxygens (including phenoxy) is 1. The van der Waals surface area contributed by atoms with Crippen molar-refractivity contribution in [1.82, 2.24) is 19.7 Å². The van der Waals surface area contributed by atoms with Crippen LogP contribution in [0.2, 0.25) is 0 Å². The van der Waals surface area contributed by atoms with Gasteiger partial charge in [0.25, 0.3) is 0 Å². The number of rotatable bonds is 4. The van der Waals surface area contributed by atoms with Gasteiger partial charge in [0.1, 0.15) is 5.82 Å². The molecule has 1 saturated heterocycles. The molecule has 1 aromatic heterocycles. The number of carbonyl (C=O) groups excluding carboxylic acids is 1. The Balaban J connectivity index is 1.74. The van der Waals surface area contributed by atoms with E-state index in [-0.39, 0.29) is 5.91 Å². The highest BCUT2D eigenvalue weighted by molar-refractivity contribution is 7.99. The molecule has 6 nitrogen and oxygen atoms in total. The molecule has 0 spiro atoms. The number of thioether (sulfide) groups is 1. The molecular weight excluding hydrogens is 312 g/mol. The quantitative estimate of drug-likeness (QED) is 0.800. The van der Waals surface area contributed by atoms with Crippen LogP contribution < -0.4 is 0 Å². The average Bonchev–Trinajstić information content (AvgIpc) is 2.94. The van der Waals surface area contributed by atoms with Gasteiger partial charge in [0, 0.05) is 13.1 Å². The van der Waals surface area contributed by atoms with Crippen molar-refractivity contribution in [1.29, 1.82) is 0 Å². The molecule has 0 aliphatic carbocycles. The first-order valence-corrected chi connectivity index (χ1v) is 8.61. The maximum absolute atomic E-state index is 12.3. The number of hydrogen-bond donors (Lipinski definition) is 0. The van der Waals surface area contributed by atoms with Gasteiger partial charge in [-0.1, -0.05) is 30.0 Å². The summed E-state index contributed by atoms with van der Waals surface area (Å²) in [5.74, 6) is 1.31. The van der Waals surface area contributed by atoms with E-state index in [1.54, 1.807) is 0 Å². The van der Waals surface area contributed by atoms with E-state index in [1.807, 2.05) is 34.6 Å². The summed E-state index contributed by atoms with van der Waals surface area (Å²) in [6.07, 6.45) is 0. The summed E-state index contributed by atoms with van der Waals surface area (Å²) in [7, 11) is 0. The van der Waals surface area contributed by atoms with E-state index in [4.69, 9.17) is 4.74 Å². The second-order valence-corrected chi connectivity index (χ2v) is 6.38. The SMILES string of the molecule is Cc1ccccc1-n1c(C)nnc1SCC(=O)N1CCOCC1. The lowest BCUT2D eigenvalue weighted by Crippen LogP contribution is -2.41. The third kappa shape index (κ3) is 3.56. The van der Waals surface area contributed by atoms with Gasteiger partial charge in [0.2, 0.25) is 5.91 Å². The third-order valence-corrected chi connectivity index (χ3v) is 4.75. The molecule has 23 heavy (non-hydrogen) atoms. The molecule has 0 bridgehead atoms. The number of carbonyl (C=O) groups is 1. The fraction of sp³-hybridized carbons (Fsp3) is 0.438. The first-order chi connectivity index (χ1) is 11.2. The van der Waals surface area contributed by atoms with E-state index in [0.29, 0.717) is 32.1 Å². The normalized spacial score (nSPS) is 15.0. The lowest BCUT2D eigenvalue weighted by Gasteiger charge is -2.26. The minimum atomic E-state index is 0.121. The van der Waals surface area contributed by atoms with E-state index in [2.05, 4.69) is 23.2 Å². The van der Waals surface area contributed by atoms with Crippen molar-refractivity contribution in [2.24, 2.45) is 0 Å². The minimum Gasteiger partial charge on any atom is -0.378 e. The van der Waals surface area contributed by atoms with E-state index in [1.165, 1.54) is 11.8 Å². The highest BCUT2D eigenvalue weighted by Crippen LogP contribution is 2.24. The molecule has 0 unspecified atom stereocenters. The van der Waals surface area contributed by atoms with Gasteiger partial charge in [-0.05, 0) is 25.5 Å². The van der Waals surface area contributed by atoms with Crippen LogP contribution in [0.5, 0.6) is 0 Å². The molecule has 2 aromatic rings. The number of aromatic nitrogens is 3. The number of amides is 1. The molecule has 2 heterocycles. The first-order valence-electron chi connectivity index (χ1n) is 7.63. The molecule has 0 saturated carbocycles. The van der Waals surface area contributed by atoms with E-state index >= 15 is 0 Å². The van der Waals surface area contributed by atoms with Crippen molar-refractivity contribution in [3.8, 4) is 5.69 Å². The number of aryl methyl sites for hydroxylation is 2. The third-order valence-electron chi connectivity index (χ3n) is 3.84. The summed E-state index contributed by atoms with van der Waals surface area (Å²) < 4.78 is 7.29. The maximum atomic E-state index is 12.3. The summed E-state index contributed by atoms with van der Waals surface area (Å²) in [5.41, 5.74) is 2.20. The van der Waals surface area contributed by atoms with E-state index in [9.17, 15) is 4.79 Å². The van der Waals surface area contributed by atoms with Crippen molar-refractivity contribution in [3.05, 3.63) is 35.7 Å². The number of morpholine rings is 1. The highest BCUT2D eigenvalue weighted by atomic mass is 32.2. The number of hydrogen-bond acceptors (Lipinski definition) is 5. The maximum Gasteiger partial charge on any atom is 0.233 e. The minimum absolute atomic E-state index is 0.121. The zero-order chi connectivity index (χ0) is 16.2. The topological polar surface area (TPSA) is 60.2 Å². The lowest BCUT2D eigenvalue weighted by atomic mass is 10.2. The number of nitrogens with zero attached hydrogens (tertiary/aromatic N) is 4. The Hall–Kier alpha value is -1.86. The van der Waals surface area contributed by atoms with E-state index < -0.39 is 0 Å². The Bertz CT molecular complexity index is 695. The predicted octanol–water partition coefficient (Wildman–Crippen LogP) is 1.84. The van der Waals surface area contributed by atoms with Gasteiger partial charge in [-0.15, -0.1) is 10.2 Å². The van der Waals surface area contributed by atoms with Crippen LogP contribution >= 0.6 is 11.8 Å². The van der Waals surface area contributed by atoms with Gasteiger partial charge >= 0.3 is 0 Å². The van der Waals surface area contributed by atoms with Crippen LogP contribution in [0.15, 0.2) is 29.4 Å². The molecule has 0 atom stereocenters. The Morgan fingerprint density at radius 1 is 1.22 bits per heavy atom. The molecule has 1 aliphatic rings. The summed E-state index contributed by atoms with van der Waals surface area (Å²) >= 11 is 1.43. The zero-order valence-corrected chi connectivity index (χ0v) is 14.2. The van der Waals surface area contributed by atoms with Crippen LogP contribution in [0, 0.1) is 13.8 Å². The first kappa shape index (κ1) is 16.0.